The van der Waals surface area contributed by atoms with Crippen LogP contribution in [0.2, 0.25) is 0 Å². The van der Waals surface area contributed by atoms with Crippen molar-refractivity contribution in [3.05, 3.63) is 12.2 Å². The van der Waals surface area contributed by atoms with Crippen LogP contribution in [0.3, 0.4) is 0 Å². The second-order valence-electron chi connectivity index (χ2n) is 18.4. The number of carbonyl (C=O) groups is 3. The summed E-state index contributed by atoms with van der Waals surface area (Å²) in [5, 5.41) is 8.93. The fraction of sp³-hybridized carbons (Fsp3) is 0.904. The molecule has 12 heteroatoms. The van der Waals surface area contributed by atoms with E-state index in [1.807, 2.05) is 0 Å². The Hall–Kier alpha value is -1.78. The number of phosphoric acid groups is 1. The summed E-state index contributed by atoms with van der Waals surface area (Å²) in [6.45, 7) is 2.85. The van der Waals surface area contributed by atoms with Gasteiger partial charge in [-0.15, -0.1) is 0 Å². The molecule has 0 heterocycles. The lowest BCUT2D eigenvalue weighted by Crippen LogP contribution is -2.34. The SMILES string of the molecule is CCCCCC/C=C/CCCCCCCCCCCC(=O)OC[C@@H](COP(=O)(O)OC[C@H](N)C(=O)O)OC(=O)CCCCCCCCCCCCCCCCCCCCCCCCC. The predicted octanol–water partition coefficient (Wildman–Crippen LogP) is 15.2. The Morgan fingerprint density at radius 2 is 0.781 bits per heavy atom. The highest BCUT2D eigenvalue weighted by Gasteiger charge is 2.28. The van der Waals surface area contributed by atoms with Gasteiger partial charge in [-0.05, 0) is 38.5 Å². The zero-order chi connectivity index (χ0) is 47.0. The fourth-order valence-electron chi connectivity index (χ4n) is 7.83. The predicted molar refractivity (Wildman–Crippen MR) is 263 cm³/mol. The van der Waals surface area contributed by atoms with Crippen LogP contribution in [0, 0.1) is 0 Å². The van der Waals surface area contributed by atoms with E-state index in [1.165, 1.54) is 193 Å². The van der Waals surface area contributed by atoms with E-state index in [1.54, 1.807) is 0 Å². The van der Waals surface area contributed by atoms with Gasteiger partial charge in [-0.25, -0.2) is 4.57 Å². The van der Waals surface area contributed by atoms with Gasteiger partial charge in [0.25, 0.3) is 0 Å². The number of hydrogen-bond acceptors (Lipinski definition) is 9. The lowest BCUT2D eigenvalue weighted by atomic mass is 10.0. The molecule has 11 nitrogen and oxygen atoms in total. The normalized spacial score (nSPS) is 13.6. The minimum absolute atomic E-state index is 0.168. The zero-order valence-electron chi connectivity index (χ0n) is 41.4. The summed E-state index contributed by atoms with van der Waals surface area (Å²) in [5.41, 5.74) is 5.36. The Bertz CT molecular complexity index is 1140. The second kappa shape index (κ2) is 47.7. The fourth-order valence-corrected chi connectivity index (χ4v) is 8.61. The van der Waals surface area contributed by atoms with E-state index in [4.69, 9.17) is 24.8 Å². The van der Waals surface area contributed by atoms with Crippen LogP contribution in [0.15, 0.2) is 12.2 Å². The number of rotatable bonds is 51. The van der Waals surface area contributed by atoms with Crippen LogP contribution in [0.4, 0.5) is 0 Å². The number of aliphatic carboxylic acids is 1. The number of nitrogens with two attached hydrogens (primary N) is 1. The van der Waals surface area contributed by atoms with Crippen molar-refractivity contribution >= 4 is 25.7 Å². The van der Waals surface area contributed by atoms with E-state index in [2.05, 4.69) is 30.5 Å². The molecule has 0 amide bonds. The first-order valence-corrected chi connectivity index (χ1v) is 28.2. The average molecular weight is 930 g/mol. The molecular formula is C52H100NO10P. The number of carboxylic acid groups (broad SMARTS) is 1. The molecule has 0 aliphatic rings. The van der Waals surface area contributed by atoms with Gasteiger partial charge in [0.2, 0.25) is 0 Å². The van der Waals surface area contributed by atoms with Crippen LogP contribution in [0.25, 0.3) is 0 Å². The van der Waals surface area contributed by atoms with Crippen molar-refractivity contribution in [2.75, 3.05) is 19.8 Å². The first kappa shape index (κ1) is 62.2. The molecule has 0 aromatic rings. The maximum Gasteiger partial charge on any atom is 0.472 e. The van der Waals surface area contributed by atoms with Gasteiger partial charge in [0, 0.05) is 12.8 Å². The van der Waals surface area contributed by atoms with Crippen LogP contribution < -0.4 is 5.73 Å². The molecule has 0 aromatic carbocycles. The molecule has 3 atom stereocenters. The van der Waals surface area contributed by atoms with E-state index in [9.17, 15) is 23.8 Å². The molecule has 0 saturated heterocycles. The van der Waals surface area contributed by atoms with Crippen molar-refractivity contribution in [3.63, 3.8) is 0 Å². The molecule has 0 aliphatic heterocycles. The van der Waals surface area contributed by atoms with Crippen molar-refractivity contribution in [2.24, 2.45) is 5.73 Å². The topological polar surface area (TPSA) is 172 Å². The second-order valence-corrected chi connectivity index (χ2v) is 19.8. The summed E-state index contributed by atoms with van der Waals surface area (Å²) in [5.74, 6) is -2.36. The van der Waals surface area contributed by atoms with Crippen molar-refractivity contribution in [2.45, 2.75) is 283 Å². The van der Waals surface area contributed by atoms with Gasteiger partial charge in [0.1, 0.15) is 12.6 Å². The van der Waals surface area contributed by atoms with Crippen LogP contribution in [-0.2, 0) is 37.5 Å². The Balaban J connectivity index is 4.16. The van der Waals surface area contributed by atoms with E-state index in [0.717, 1.165) is 38.5 Å². The van der Waals surface area contributed by atoms with Gasteiger partial charge in [-0.3, -0.25) is 23.4 Å². The van der Waals surface area contributed by atoms with Crippen molar-refractivity contribution < 1.29 is 47.5 Å². The Labute approximate surface area is 392 Å². The maximum absolute atomic E-state index is 12.7. The minimum atomic E-state index is -4.72. The van der Waals surface area contributed by atoms with Gasteiger partial charge >= 0.3 is 25.7 Å². The molecule has 4 N–H and O–H groups in total. The first-order valence-electron chi connectivity index (χ1n) is 26.7. The minimum Gasteiger partial charge on any atom is -0.480 e. The van der Waals surface area contributed by atoms with Gasteiger partial charge in [0.15, 0.2) is 6.10 Å². The summed E-state index contributed by atoms with van der Waals surface area (Å²) in [7, 11) is -4.72. The third-order valence-electron chi connectivity index (χ3n) is 12.0. The molecule has 0 fully saturated rings. The number of ether oxygens (including phenoxy) is 2. The van der Waals surface area contributed by atoms with Crippen LogP contribution in [0.1, 0.15) is 271 Å². The van der Waals surface area contributed by atoms with Crippen molar-refractivity contribution in [1.82, 2.24) is 0 Å². The lowest BCUT2D eigenvalue weighted by Gasteiger charge is -2.20. The highest BCUT2D eigenvalue weighted by atomic mass is 31.2. The summed E-state index contributed by atoms with van der Waals surface area (Å²) < 4.78 is 32.9. The summed E-state index contributed by atoms with van der Waals surface area (Å²) in [4.78, 5) is 46.2. The Morgan fingerprint density at radius 1 is 0.469 bits per heavy atom. The van der Waals surface area contributed by atoms with Crippen LogP contribution >= 0.6 is 7.82 Å². The first-order chi connectivity index (χ1) is 31.1. The van der Waals surface area contributed by atoms with Gasteiger partial charge in [0.05, 0.1) is 13.2 Å². The molecule has 0 bridgehead atoms. The largest absolute Gasteiger partial charge is 0.480 e. The number of hydrogen-bond donors (Lipinski definition) is 3. The Kier molecular flexibility index (Phi) is 46.4. The maximum atomic E-state index is 12.7. The standard InChI is InChI=1S/C52H100NO10P/c1-3-5-7-9-11-13-15-17-19-21-22-23-24-25-26-28-30-32-34-36-38-40-42-44-51(55)63-48(46-61-64(58,59)62-47-49(53)52(56)57)45-60-50(54)43-41-39-37-35-33-31-29-27-20-18-16-14-12-10-8-6-4-2/h14,16,48-49H,3-13,15,17-47,53H2,1-2H3,(H,56,57)(H,58,59)/b16-14+/t48-,49-/m0/s1. The molecule has 0 radical (unpaired) electrons. The monoisotopic (exact) mass is 930 g/mol. The highest BCUT2D eigenvalue weighted by Crippen LogP contribution is 2.43. The number of unbranched alkanes of at least 4 members (excludes halogenated alkanes) is 35. The van der Waals surface area contributed by atoms with E-state index in [0.29, 0.717) is 12.8 Å². The lowest BCUT2D eigenvalue weighted by molar-refractivity contribution is -0.161. The van der Waals surface area contributed by atoms with Crippen molar-refractivity contribution in [3.8, 4) is 0 Å². The van der Waals surface area contributed by atoms with E-state index in [-0.39, 0.29) is 19.4 Å². The van der Waals surface area contributed by atoms with Crippen LogP contribution in [-0.4, -0.2) is 59.9 Å². The van der Waals surface area contributed by atoms with Gasteiger partial charge < -0.3 is 25.2 Å². The van der Waals surface area contributed by atoms with E-state index >= 15 is 0 Å². The molecule has 64 heavy (non-hydrogen) atoms. The molecule has 0 aliphatic carbocycles. The summed E-state index contributed by atoms with van der Waals surface area (Å²) >= 11 is 0. The molecule has 378 valence electrons. The summed E-state index contributed by atoms with van der Waals surface area (Å²) in [6.07, 6.45) is 51.3. The third-order valence-corrected chi connectivity index (χ3v) is 13.0. The smallest absolute Gasteiger partial charge is 0.472 e. The molecule has 1 unspecified atom stereocenters. The number of allylic oxidation sites excluding steroid dienone is 2. The Morgan fingerprint density at radius 3 is 1.16 bits per heavy atom. The molecule has 0 spiro atoms. The van der Waals surface area contributed by atoms with Crippen LogP contribution in [0.5, 0.6) is 0 Å². The van der Waals surface area contributed by atoms with Gasteiger partial charge in [-0.1, -0.05) is 231 Å². The third kappa shape index (κ3) is 46.7. The summed E-state index contributed by atoms with van der Waals surface area (Å²) in [6, 6.07) is -1.52. The quantitative estimate of drug-likeness (QED) is 0.0229. The highest BCUT2D eigenvalue weighted by molar-refractivity contribution is 7.47. The average Bonchev–Trinajstić information content (AvgIpc) is 3.27. The number of phosphoric ester groups is 1. The molecule has 0 aromatic heterocycles. The number of carboxylic acids is 1. The number of carbonyl (C=O) groups excluding carboxylic acids is 2. The van der Waals surface area contributed by atoms with Crippen molar-refractivity contribution in [1.29, 1.82) is 0 Å². The van der Waals surface area contributed by atoms with Gasteiger partial charge in [-0.2, -0.15) is 0 Å². The molecule has 0 saturated carbocycles. The molecular weight excluding hydrogens is 830 g/mol. The zero-order valence-corrected chi connectivity index (χ0v) is 42.3. The van der Waals surface area contributed by atoms with E-state index < -0.39 is 51.1 Å². The molecule has 0 rings (SSSR count). The number of esters is 2.